The first-order valence-corrected chi connectivity index (χ1v) is 11.3. The molecule has 0 N–H and O–H groups in total. The van der Waals surface area contributed by atoms with Crippen molar-refractivity contribution in [3.63, 3.8) is 0 Å². The predicted octanol–water partition coefficient (Wildman–Crippen LogP) is 2.78. The molecule has 168 valence electrons. The summed E-state index contributed by atoms with van der Waals surface area (Å²) >= 11 is 1.49. The van der Waals surface area contributed by atoms with Crippen molar-refractivity contribution in [1.29, 1.82) is 0 Å². The van der Waals surface area contributed by atoms with E-state index in [4.69, 9.17) is 4.74 Å². The van der Waals surface area contributed by atoms with Gasteiger partial charge in [-0.1, -0.05) is 12.1 Å². The number of rotatable bonds is 6. The number of amides is 1. The minimum absolute atomic E-state index is 0.181. The van der Waals surface area contributed by atoms with Crippen LogP contribution in [0.1, 0.15) is 26.6 Å². The van der Waals surface area contributed by atoms with Crippen LogP contribution in [0.5, 0.6) is 5.75 Å². The Bertz CT molecular complexity index is 1150. The molecule has 0 radical (unpaired) electrons. The van der Waals surface area contributed by atoms with Crippen LogP contribution < -0.4 is 10.3 Å². The summed E-state index contributed by atoms with van der Waals surface area (Å²) in [5.41, 5.74) is 1.93. The summed E-state index contributed by atoms with van der Waals surface area (Å²) in [7, 11) is 3.20. The first-order valence-electron chi connectivity index (χ1n) is 10.4. The average Bonchev–Trinajstić information content (AvgIpc) is 3.20. The van der Waals surface area contributed by atoms with Gasteiger partial charge in [0.25, 0.3) is 11.5 Å². The summed E-state index contributed by atoms with van der Waals surface area (Å²) in [4.78, 5) is 34.3. The maximum Gasteiger partial charge on any atom is 0.259 e. The van der Waals surface area contributed by atoms with Crippen LogP contribution in [0.4, 0.5) is 4.39 Å². The van der Waals surface area contributed by atoms with Crippen LogP contribution in [0.3, 0.4) is 0 Å². The Morgan fingerprint density at radius 3 is 2.72 bits per heavy atom. The van der Waals surface area contributed by atoms with Crippen LogP contribution in [0, 0.1) is 5.82 Å². The van der Waals surface area contributed by atoms with Gasteiger partial charge in [-0.3, -0.25) is 14.5 Å². The van der Waals surface area contributed by atoms with Crippen molar-refractivity contribution < 1.29 is 13.9 Å². The minimum Gasteiger partial charge on any atom is -0.496 e. The summed E-state index contributed by atoms with van der Waals surface area (Å²) < 4.78 is 20.4. The molecule has 1 aliphatic heterocycles. The number of benzene rings is 1. The van der Waals surface area contributed by atoms with Gasteiger partial charge >= 0.3 is 0 Å². The number of nitrogens with zero attached hydrogens (tertiary/aromatic N) is 4. The van der Waals surface area contributed by atoms with E-state index in [1.165, 1.54) is 36.6 Å². The SMILES string of the molecule is COc1cc(=O)n2c(c1C(=O)N(C)Cc1nccs1)CCN(Cc1ccc(F)cc1)CC2. The number of carbonyl (C=O) groups is 1. The molecule has 3 aromatic rings. The number of methoxy groups -OCH3 is 1. The first kappa shape index (κ1) is 22.2. The largest absolute Gasteiger partial charge is 0.496 e. The third-order valence-electron chi connectivity index (χ3n) is 5.64. The van der Waals surface area contributed by atoms with Crippen LogP contribution in [0.15, 0.2) is 46.7 Å². The Morgan fingerprint density at radius 2 is 2.03 bits per heavy atom. The van der Waals surface area contributed by atoms with Crippen molar-refractivity contribution in [2.45, 2.75) is 26.1 Å². The van der Waals surface area contributed by atoms with Crippen molar-refractivity contribution in [3.8, 4) is 5.75 Å². The zero-order valence-electron chi connectivity index (χ0n) is 18.1. The van der Waals surface area contributed by atoms with Crippen molar-refractivity contribution in [2.24, 2.45) is 0 Å². The van der Waals surface area contributed by atoms with Gasteiger partial charge < -0.3 is 14.2 Å². The number of aromatic nitrogens is 2. The summed E-state index contributed by atoms with van der Waals surface area (Å²) in [5, 5.41) is 2.71. The summed E-state index contributed by atoms with van der Waals surface area (Å²) in [6, 6.07) is 7.83. The summed E-state index contributed by atoms with van der Waals surface area (Å²) in [6.45, 7) is 2.82. The highest BCUT2D eigenvalue weighted by molar-refractivity contribution is 7.09. The molecule has 1 aromatic carbocycles. The van der Waals surface area contributed by atoms with Gasteiger partial charge in [0.1, 0.15) is 22.1 Å². The van der Waals surface area contributed by atoms with Crippen molar-refractivity contribution in [3.05, 3.63) is 79.9 Å². The molecule has 1 amide bonds. The zero-order valence-corrected chi connectivity index (χ0v) is 18.9. The smallest absolute Gasteiger partial charge is 0.259 e. The quantitative estimate of drug-likeness (QED) is 0.571. The lowest BCUT2D eigenvalue weighted by Gasteiger charge is -2.21. The Kier molecular flexibility index (Phi) is 6.66. The number of carbonyl (C=O) groups excluding carboxylic acids is 1. The fourth-order valence-electron chi connectivity index (χ4n) is 3.99. The number of hydrogen-bond acceptors (Lipinski definition) is 6. The molecule has 7 nitrogen and oxygen atoms in total. The molecular formula is C23H25FN4O3S. The average molecular weight is 457 g/mol. The van der Waals surface area contributed by atoms with Crippen LogP contribution in [0.25, 0.3) is 0 Å². The number of ether oxygens (including phenoxy) is 1. The van der Waals surface area contributed by atoms with E-state index in [9.17, 15) is 14.0 Å². The molecule has 1 aliphatic rings. The lowest BCUT2D eigenvalue weighted by atomic mass is 10.1. The van der Waals surface area contributed by atoms with Crippen LogP contribution in [-0.2, 0) is 26.1 Å². The van der Waals surface area contributed by atoms with E-state index >= 15 is 0 Å². The van der Waals surface area contributed by atoms with E-state index < -0.39 is 0 Å². The Labute approximate surface area is 189 Å². The summed E-state index contributed by atoms with van der Waals surface area (Å²) in [5.74, 6) is -0.169. The van der Waals surface area contributed by atoms with Gasteiger partial charge in [-0.15, -0.1) is 11.3 Å². The van der Waals surface area contributed by atoms with Gasteiger partial charge in [-0.05, 0) is 17.7 Å². The molecule has 0 saturated heterocycles. The Morgan fingerprint density at radius 1 is 1.25 bits per heavy atom. The fourth-order valence-corrected chi connectivity index (χ4v) is 4.66. The highest BCUT2D eigenvalue weighted by atomic mass is 32.1. The zero-order chi connectivity index (χ0) is 22.7. The molecular weight excluding hydrogens is 431 g/mol. The van der Waals surface area contributed by atoms with Gasteiger partial charge in [-0.25, -0.2) is 9.37 Å². The van der Waals surface area contributed by atoms with Crippen molar-refractivity contribution in [1.82, 2.24) is 19.4 Å². The van der Waals surface area contributed by atoms with Crippen LogP contribution in [-0.4, -0.2) is 52.5 Å². The second-order valence-corrected chi connectivity index (χ2v) is 8.74. The Hall–Kier alpha value is -3.04. The molecule has 0 fully saturated rings. The second-order valence-electron chi connectivity index (χ2n) is 7.76. The maximum absolute atomic E-state index is 13.4. The van der Waals surface area contributed by atoms with Gasteiger partial charge in [0.2, 0.25) is 0 Å². The van der Waals surface area contributed by atoms with Crippen LogP contribution >= 0.6 is 11.3 Å². The van der Waals surface area contributed by atoms with Gasteiger partial charge in [0, 0.05) is 63.0 Å². The van der Waals surface area contributed by atoms with E-state index in [0.717, 1.165) is 10.6 Å². The topological polar surface area (TPSA) is 67.7 Å². The van der Waals surface area contributed by atoms with Gasteiger partial charge in [0.05, 0.1) is 13.7 Å². The lowest BCUT2D eigenvalue weighted by Crippen LogP contribution is -2.32. The molecule has 0 saturated carbocycles. The molecule has 0 aliphatic carbocycles. The predicted molar refractivity (Wildman–Crippen MR) is 121 cm³/mol. The molecule has 0 spiro atoms. The standard InChI is InChI=1S/C23H25FN4O3S/c1-26(15-20-25-8-12-32-20)23(30)22-18-7-9-27(14-16-3-5-17(24)6-4-16)10-11-28(18)21(29)13-19(22)31-2/h3-6,8,12-13H,7,9-11,14-15H2,1-2H3. The van der Waals surface area contributed by atoms with E-state index in [0.29, 0.717) is 56.2 Å². The van der Waals surface area contributed by atoms with Crippen molar-refractivity contribution >= 4 is 17.2 Å². The monoisotopic (exact) mass is 456 g/mol. The summed E-state index contributed by atoms with van der Waals surface area (Å²) in [6.07, 6.45) is 2.24. The molecule has 3 heterocycles. The lowest BCUT2D eigenvalue weighted by molar-refractivity contribution is 0.0779. The molecule has 0 bridgehead atoms. The van der Waals surface area contributed by atoms with E-state index in [2.05, 4.69) is 9.88 Å². The minimum atomic E-state index is -0.263. The van der Waals surface area contributed by atoms with E-state index in [1.54, 1.807) is 34.8 Å². The number of thiazole rings is 1. The second kappa shape index (κ2) is 9.62. The van der Waals surface area contributed by atoms with E-state index in [-0.39, 0.29) is 17.3 Å². The third-order valence-corrected chi connectivity index (χ3v) is 6.41. The Balaban J connectivity index is 1.60. The number of hydrogen-bond donors (Lipinski definition) is 0. The molecule has 2 aromatic heterocycles. The highest BCUT2D eigenvalue weighted by Crippen LogP contribution is 2.25. The van der Waals surface area contributed by atoms with E-state index in [1.807, 2.05) is 5.38 Å². The fraction of sp³-hybridized carbons (Fsp3) is 0.348. The highest BCUT2D eigenvalue weighted by Gasteiger charge is 2.27. The normalized spacial score (nSPS) is 14.0. The van der Waals surface area contributed by atoms with Gasteiger partial charge in [-0.2, -0.15) is 0 Å². The van der Waals surface area contributed by atoms with Gasteiger partial charge in [0.15, 0.2) is 0 Å². The molecule has 9 heteroatoms. The maximum atomic E-state index is 13.4. The number of halogens is 1. The molecule has 0 unspecified atom stereocenters. The first-order chi connectivity index (χ1) is 15.5. The van der Waals surface area contributed by atoms with Crippen molar-refractivity contribution in [2.75, 3.05) is 27.2 Å². The third kappa shape index (κ3) is 4.73. The molecule has 32 heavy (non-hydrogen) atoms. The number of fused-ring (bicyclic) bond motifs is 1. The number of pyridine rings is 1. The molecule has 0 atom stereocenters. The van der Waals surface area contributed by atoms with Crippen LogP contribution in [0.2, 0.25) is 0 Å². The molecule has 4 rings (SSSR count).